The van der Waals surface area contributed by atoms with Gasteiger partial charge >= 0.3 is 23.9 Å². The van der Waals surface area contributed by atoms with Crippen molar-refractivity contribution in [3.8, 4) is 0 Å². The number of carboxylic acid groups (broad SMARTS) is 4. The number of aliphatic carboxylic acids is 4. The molecular weight excluding hydrogens is 404 g/mol. The Labute approximate surface area is 176 Å². The molecule has 30 heavy (non-hydrogen) atoms. The molecule has 0 aromatic carbocycles. The van der Waals surface area contributed by atoms with Crippen LogP contribution in [0.4, 0.5) is 0 Å². The molecule has 0 heterocycles. The smallest absolute Gasteiger partial charge is 0.303 e. The Morgan fingerprint density at radius 3 is 0.833 bits per heavy atom. The molecule has 0 aromatic heterocycles. The average molecular weight is 440 g/mol. The summed E-state index contributed by atoms with van der Waals surface area (Å²) in [6.45, 7) is -0.729. The summed E-state index contributed by atoms with van der Waals surface area (Å²) in [4.78, 5) is 40.1. The molecule has 11 nitrogen and oxygen atoms in total. The zero-order valence-corrected chi connectivity index (χ0v) is 17.2. The topological polar surface area (TPSA) is 210 Å². The second kappa shape index (κ2) is 24.8. The highest BCUT2D eigenvalue weighted by Gasteiger charge is 1.99. The zero-order valence-electron chi connectivity index (χ0n) is 17.2. The van der Waals surface area contributed by atoms with Gasteiger partial charge in [-0.2, -0.15) is 0 Å². The Hall–Kier alpha value is -2.24. The van der Waals surface area contributed by atoms with E-state index in [4.69, 9.17) is 35.7 Å². The molecule has 0 unspecified atom stereocenters. The SMILES string of the molecule is O=C(O)CCCCC(=O)O.O=C(O)CCCCCCCCC(=O)O.OCC(O)CO. The molecule has 0 aliphatic rings. The summed E-state index contributed by atoms with van der Waals surface area (Å²) in [6, 6.07) is 0. The number of hydrogen-bond donors (Lipinski definition) is 7. The van der Waals surface area contributed by atoms with Gasteiger partial charge in [-0.25, -0.2) is 0 Å². The first-order chi connectivity index (χ1) is 14.1. The van der Waals surface area contributed by atoms with Crippen LogP contribution >= 0.6 is 0 Å². The van der Waals surface area contributed by atoms with Crippen molar-refractivity contribution < 1.29 is 54.9 Å². The highest BCUT2D eigenvalue weighted by Crippen LogP contribution is 2.08. The van der Waals surface area contributed by atoms with Crippen molar-refractivity contribution in [1.82, 2.24) is 0 Å². The molecule has 11 heteroatoms. The summed E-state index contributed by atoms with van der Waals surface area (Å²) in [5, 5.41) is 57.0. The van der Waals surface area contributed by atoms with Crippen LogP contribution in [0.1, 0.15) is 77.0 Å². The Morgan fingerprint density at radius 2 is 0.667 bits per heavy atom. The van der Waals surface area contributed by atoms with E-state index in [2.05, 4.69) is 0 Å². The van der Waals surface area contributed by atoms with Crippen molar-refractivity contribution in [1.29, 1.82) is 0 Å². The molecule has 178 valence electrons. The molecule has 0 spiro atoms. The summed E-state index contributed by atoms with van der Waals surface area (Å²) in [6.07, 6.45) is 5.89. The lowest BCUT2D eigenvalue weighted by Crippen LogP contribution is -2.15. The molecule has 0 aliphatic carbocycles. The lowest BCUT2D eigenvalue weighted by Gasteiger charge is -1.98. The molecule has 0 fully saturated rings. The maximum absolute atomic E-state index is 10.1. The van der Waals surface area contributed by atoms with E-state index in [9.17, 15) is 19.2 Å². The van der Waals surface area contributed by atoms with Crippen LogP contribution in [0.3, 0.4) is 0 Å². The van der Waals surface area contributed by atoms with Gasteiger partial charge in [0.1, 0.15) is 6.10 Å². The maximum atomic E-state index is 10.1. The molecule has 0 saturated heterocycles. The third kappa shape index (κ3) is 40.4. The van der Waals surface area contributed by atoms with Gasteiger partial charge in [0.15, 0.2) is 0 Å². The Bertz CT molecular complexity index is 412. The van der Waals surface area contributed by atoms with Crippen LogP contribution < -0.4 is 0 Å². The normalized spacial score (nSPS) is 9.73. The van der Waals surface area contributed by atoms with Crippen molar-refractivity contribution in [3.63, 3.8) is 0 Å². The zero-order chi connectivity index (χ0) is 23.8. The first-order valence-corrected chi connectivity index (χ1v) is 9.83. The van der Waals surface area contributed by atoms with Crippen LogP contribution in [0.25, 0.3) is 0 Å². The van der Waals surface area contributed by atoms with E-state index >= 15 is 0 Å². The predicted molar refractivity (Wildman–Crippen MR) is 106 cm³/mol. The summed E-state index contributed by atoms with van der Waals surface area (Å²) < 4.78 is 0. The molecule has 0 amide bonds. The fourth-order valence-electron chi connectivity index (χ4n) is 1.87. The van der Waals surface area contributed by atoms with Gasteiger partial charge in [-0.1, -0.05) is 25.7 Å². The summed E-state index contributed by atoms with van der Waals surface area (Å²) >= 11 is 0. The highest BCUT2D eigenvalue weighted by molar-refractivity contribution is 5.68. The summed E-state index contributed by atoms with van der Waals surface area (Å²) in [5.74, 6) is -3.22. The molecule has 0 aliphatic heterocycles. The number of unbranched alkanes of at least 4 members (excludes halogenated alkanes) is 6. The van der Waals surface area contributed by atoms with E-state index in [0.717, 1.165) is 38.5 Å². The van der Waals surface area contributed by atoms with Gasteiger partial charge in [0.2, 0.25) is 0 Å². The second-order valence-electron chi connectivity index (χ2n) is 6.42. The molecule has 0 bridgehead atoms. The predicted octanol–water partition coefficient (Wildman–Crippen LogP) is 1.32. The minimum absolute atomic E-state index is 0.0628. The second-order valence-corrected chi connectivity index (χ2v) is 6.42. The molecule has 0 atom stereocenters. The van der Waals surface area contributed by atoms with Gasteiger partial charge in [-0.05, 0) is 25.7 Å². The fourth-order valence-corrected chi connectivity index (χ4v) is 1.87. The standard InChI is InChI=1S/C10H18O4.C6H10O4.C3H8O3/c11-9(12)7-5-3-1-2-4-6-8-10(13)14;7-5(8)3-1-2-4-6(9)10;4-1-3(6)2-5/h1-8H2,(H,11,12)(H,13,14);1-4H2,(H,7,8)(H,9,10);3-6H,1-2H2. The minimum Gasteiger partial charge on any atom is -0.481 e. The fraction of sp³-hybridized carbons (Fsp3) is 0.789. The lowest BCUT2D eigenvalue weighted by atomic mass is 10.1. The van der Waals surface area contributed by atoms with Gasteiger partial charge in [-0.3, -0.25) is 19.2 Å². The van der Waals surface area contributed by atoms with E-state index in [-0.39, 0.29) is 38.9 Å². The number of hydrogen-bond acceptors (Lipinski definition) is 7. The van der Waals surface area contributed by atoms with Crippen molar-refractivity contribution in [3.05, 3.63) is 0 Å². The molecule has 0 aromatic rings. The minimum atomic E-state index is -0.954. The van der Waals surface area contributed by atoms with E-state index in [1.165, 1.54) is 0 Å². The summed E-state index contributed by atoms with van der Waals surface area (Å²) in [7, 11) is 0. The van der Waals surface area contributed by atoms with E-state index in [1.54, 1.807) is 0 Å². The van der Waals surface area contributed by atoms with E-state index in [1.807, 2.05) is 0 Å². The molecule has 0 rings (SSSR count). The van der Waals surface area contributed by atoms with Gasteiger partial charge in [0.25, 0.3) is 0 Å². The van der Waals surface area contributed by atoms with Crippen LogP contribution in [-0.4, -0.2) is 78.9 Å². The van der Waals surface area contributed by atoms with Gasteiger partial charge in [-0.15, -0.1) is 0 Å². The Balaban J connectivity index is -0.000000397. The quantitative estimate of drug-likeness (QED) is 0.170. The monoisotopic (exact) mass is 440 g/mol. The van der Waals surface area contributed by atoms with E-state index < -0.39 is 30.0 Å². The Morgan fingerprint density at radius 1 is 0.467 bits per heavy atom. The third-order valence-corrected chi connectivity index (χ3v) is 3.48. The number of aliphatic hydroxyl groups excluding tert-OH is 3. The molecule has 7 N–H and O–H groups in total. The van der Waals surface area contributed by atoms with Crippen LogP contribution in [0.15, 0.2) is 0 Å². The van der Waals surface area contributed by atoms with Crippen LogP contribution in [-0.2, 0) is 19.2 Å². The van der Waals surface area contributed by atoms with Crippen molar-refractivity contribution >= 4 is 23.9 Å². The molecule has 0 radical (unpaired) electrons. The van der Waals surface area contributed by atoms with Gasteiger partial charge in [0, 0.05) is 25.7 Å². The largest absolute Gasteiger partial charge is 0.481 e. The highest BCUT2D eigenvalue weighted by atomic mass is 16.4. The van der Waals surface area contributed by atoms with Crippen LogP contribution in [0.5, 0.6) is 0 Å². The summed E-state index contributed by atoms with van der Waals surface area (Å²) in [5.41, 5.74) is 0. The van der Waals surface area contributed by atoms with Crippen molar-refractivity contribution in [2.75, 3.05) is 13.2 Å². The first kappa shape index (κ1) is 32.4. The maximum Gasteiger partial charge on any atom is 0.303 e. The van der Waals surface area contributed by atoms with Crippen LogP contribution in [0.2, 0.25) is 0 Å². The molecular formula is C19H36O11. The first-order valence-electron chi connectivity index (χ1n) is 9.83. The van der Waals surface area contributed by atoms with Crippen molar-refractivity contribution in [2.24, 2.45) is 0 Å². The number of aliphatic hydroxyl groups is 3. The average Bonchev–Trinajstić information content (AvgIpc) is 2.67. The molecule has 0 saturated carbocycles. The number of carbonyl (C=O) groups is 4. The third-order valence-electron chi connectivity index (χ3n) is 3.48. The Kier molecular flexibility index (Phi) is 26.8. The van der Waals surface area contributed by atoms with Gasteiger partial charge < -0.3 is 35.7 Å². The van der Waals surface area contributed by atoms with Gasteiger partial charge in [0.05, 0.1) is 13.2 Å². The number of rotatable bonds is 16. The lowest BCUT2D eigenvalue weighted by molar-refractivity contribution is -0.139. The van der Waals surface area contributed by atoms with Crippen molar-refractivity contribution in [2.45, 2.75) is 83.2 Å². The van der Waals surface area contributed by atoms with E-state index in [0.29, 0.717) is 12.8 Å². The van der Waals surface area contributed by atoms with Crippen LogP contribution in [0, 0.1) is 0 Å². The number of carboxylic acids is 4.